The quantitative estimate of drug-likeness (QED) is 0.613. The van der Waals surface area contributed by atoms with Crippen molar-refractivity contribution in [3.8, 4) is 0 Å². The Morgan fingerprint density at radius 1 is 1.16 bits per heavy atom. The third-order valence-corrected chi connectivity index (χ3v) is 5.63. The fraction of sp³-hybridized carbons (Fsp3) is 0.304. The van der Waals surface area contributed by atoms with Crippen molar-refractivity contribution >= 4 is 28.2 Å². The van der Waals surface area contributed by atoms with E-state index in [0.29, 0.717) is 24.3 Å². The highest BCUT2D eigenvalue weighted by atomic mass is 19.4. The van der Waals surface area contributed by atoms with Crippen LogP contribution in [0.2, 0.25) is 0 Å². The first-order chi connectivity index (χ1) is 14.5. The predicted octanol–water partition coefficient (Wildman–Crippen LogP) is 5.04. The number of anilines is 2. The molecule has 0 aliphatic carbocycles. The molecule has 8 heteroatoms. The third kappa shape index (κ3) is 4.15. The Bertz CT molecular complexity index is 1210. The molecule has 0 bridgehead atoms. The minimum absolute atomic E-state index is 0.0302. The van der Waals surface area contributed by atoms with Gasteiger partial charge < -0.3 is 15.2 Å². The molecule has 3 aromatic rings. The van der Waals surface area contributed by atoms with E-state index in [1.807, 2.05) is 4.90 Å². The van der Waals surface area contributed by atoms with Crippen molar-refractivity contribution in [1.82, 2.24) is 4.98 Å². The highest BCUT2D eigenvalue weighted by molar-refractivity contribution is 6.06. The average molecular weight is 429 g/mol. The van der Waals surface area contributed by atoms with Gasteiger partial charge in [0.1, 0.15) is 5.56 Å². The van der Waals surface area contributed by atoms with Gasteiger partial charge in [0.25, 0.3) is 5.91 Å². The maximum Gasteiger partial charge on any atom is 0.418 e. The maximum atomic E-state index is 13.8. The molecule has 0 unspecified atom stereocenters. The summed E-state index contributed by atoms with van der Waals surface area (Å²) in [5.41, 5.74) is -1.10. The SMILES string of the molecule is CC1(C)CCN(c2ccc(NC(=O)c3c[nH]c4ccccc4c3=O)c(C(F)(F)F)c2)C1. The predicted molar refractivity (Wildman–Crippen MR) is 115 cm³/mol. The summed E-state index contributed by atoms with van der Waals surface area (Å²) in [6.07, 6.45) is -2.56. The molecule has 1 amide bonds. The first-order valence-electron chi connectivity index (χ1n) is 9.93. The molecule has 162 valence electrons. The second-order valence-corrected chi connectivity index (χ2v) is 8.59. The molecule has 1 aliphatic heterocycles. The van der Waals surface area contributed by atoms with Gasteiger partial charge in [-0.2, -0.15) is 13.2 Å². The van der Waals surface area contributed by atoms with Crippen molar-refractivity contribution in [3.63, 3.8) is 0 Å². The Kier molecular flexibility index (Phi) is 5.03. The van der Waals surface area contributed by atoms with E-state index >= 15 is 0 Å². The number of amides is 1. The molecule has 4 rings (SSSR count). The third-order valence-electron chi connectivity index (χ3n) is 5.63. The summed E-state index contributed by atoms with van der Waals surface area (Å²) in [5.74, 6) is -0.896. The summed E-state index contributed by atoms with van der Waals surface area (Å²) < 4.78 is 41.3. The van der Waals surface area contributed by atoms with Crippen LogP contribution in [0, 0.1) is 5.41 Å². The van der Waals surface area contributed by atoms with Crippen molar-refractivity contribution in [2.75, 3.05) is 23.3 Å². The molecule has 1 aliphatic rings. The van der Waals surface area contributed by atoms with Crippen LogP contribution in [-0.2, 0) is 6.18 Å². The molecule has 0 atom stereocenters. The molecule has 0 saturated carbocycles. The van der Waals surface area contributed by atoms with Crippen molar-refractivity contribution in [1.29, 1.82) is 0 Å². The lowest BCUT2D eigenvalue weighted by molar-refractivity contribution is -0.136. The Morgan fingerprint density at radius 2 is 1.90 bits per heavy atom. The minimum Gasteiger partial charge on any atom is -0.371 e. The Balaban J connectivity index is 1.67. The van der Waals surface area contributed by atoms with Gasteiger partial charge in [-0.05, 0) is 42.2 Å². The van der Waals surface area contributed by atoms with Crippen LogP contribution in [-0.4, -0.2) is 24.0 Å². The summed E-state index contributed by atoms with van der Waals surface area (Å²) in [5, 5.41) is 2.57. The molecular weight excluding hydrogens is 407 g/mol. The van der Waals surface area contributed by atoms with Gasteiger partial charge in [-0.25, -0.2) is 0 Å². The molecule has 31 heavy (non-hydrogen) atoms. The largest absolute Gasteiger partial charge is 0.418 e. The number of benzene rings is 2. The van der Waals surface area contributed by atoms with Gasteiger partial charge in [0, 0.05) is 35.9 Å². The number of aromatic nitrogens is 1. The zero-order chi connectivity index (χ0) is 22.4. The minimum atomic E-state index is -4.66. The van der Waals surface area contributed by atoms with Crippen LogP contribution in [0.4, 0.5) is 24.5 Å². The van der Waals surface area contributed by atoms with E-state index in [0.717, 1.165) is 12.5 Å². The number of H-pyrrole nitrogens is 1. The van der Waals surface area contributed by atoms with Crippen molar-refractivity contribution in [3.05, 3.63) is 70.0 Å². The summed E-state index contributed by atoms with van der Waals surface area (Å²) in [6.45, 7) is 5.48. The number of rotatable bonds is 3. The number of nitrogens with zero attached hydrogens (tertiary/aromatic N) is 1. The number of nitrogens with one attached hydrogen (secondary N) is 2. The number of pyridine rings is 1. The van der Waals surface area contributed by atoms with Gasteiger partial charge in [-0.1, -0.05) is 26.0 Å². The van der Waals surface area contributed by atoms with E-state index < -0.39 is 23.1 Å². The average Bonchev–Trinajstić information content (AvgIpc) is 3.07. The highest BCUT2D eigenvalue weighted by Gasteiger charge is 2.36. The van der Waals surface area contributed by atoms with E-state index in [-0.39, 0.29) is 22.1 Å². The van der Waals surface area contributed by atoms with Crippen molar-refractivity contribution in [2.45, 2.75) is 26.4 Å². The van der Waals surface area contributed by atoms with Crippen LogP contribution in [0.3, 0.4) is 0 Å². The van der Waals surface area contributed by atoms with Gasteiger partial charge >= 0.3 is 6.18 Å². The van der Waals surface area contributed by atoms with Crippen molar-refractivity contribution in [2.24, 2.45) is 5.41 Å². The van der Waals surface area contributed by atoms with Crippen LogP contribution in [0.5, 0.6) is 0 Å². The molecule has 1 aromatic heterocycles. The number of fused-ring (bicyclic) bond motifs is 1. The normalized spacial score (nSPS) is 16.0. The Labute approximate surface area is 176 Å². The number of hydrogen-bond acceptors (Lipinski definition) is 3. The first kappa shape index (κ1) is 21.0. The zero-order valence-electron chi connectivity index (χ0n) is 17.1. The fourth-order valence-electron chi connectivity index (χ4n) is 3.93. The molecule has 1 saturated heterocycles. The second kappa shape index (κ2) is 7.44. The lowest BCUT2D eigenvalue weighted by atomic mass is 9.93. The Hall–Kier alpha value is -3.29. The molecule has 0 radical (unpaired) electrons. The van der Waals surface area contributed by atoms with Crippen LogP contribution in [0.1, 0.15) is 36.2 Å². The number of carbonyl (C=O) groups is 1. The second-order valence-electron chi connectivity index (χ2n) is 8.59. The van der Waals surface area contributed by atoms with E-state index in [2.05, 4.69) is 24.1 Å². The lowest BCUT2D eigenvalue weighted by Gasteiger charge is -2.23. The van der Waals surface area contributed by atoms with Gasteiger partial charge in [-0.15, -0.1) is 0 Å². The summed E-state index contributed by atoms with van der Waals surface area (Å²) in [6, 6.07) is 10.5. The topological polar surface area (TPSA) is 65.2 Å². The number of alkyl halides is 3. The van der Waals surface area contributed by atoms with Crippen LogP contribution in [0.15, 0.2) is 53.5 Å². The van der Waals surface area contributed by atoms with Gasteiger partial charge in [0.2, 0.25) is 5.43 Å². The zero-order valence-corrected chi connectivity index (χ0v) is 17.1. The van der Waals surface area contributed by atoms with Gasteiger partial charge in [0.05, 0.1) is 11.3 Å². The summed E-state index contributed by atoms with van der Waals surface area (Å²) in [4.78, 5) is 30.0. The van der Waals surface area contributed by atoms with Crippen LogP contribution < -0.4 is 15.6 Å². The van der Waals surface area contributed by atoms with Gasteiger partial charge in [-0.3, -0.25) is 9.59 Å². The monoisotopic (exact) mass is 429 g/mol. The lowest BCUT2D eigenvalue weighted by Crippen LogP contribution is -2.25. The first-order valence-corrected chi connectivity index (χ1v) is 9.93. The van der Waals surface area contributed by atoms with E-state index in [1.165, 1.54) is 12.3 Å². The fourth-order valence-corrected chi connectivity index (χ4v) is 3.93. The van der Waals surface area contributed by atoms with E-state index in [1.54, 1.807) is 30.3 Å². The number of carbonyl (C=O) groups excluding carboxylic acids is 1. The molecule has 1 fully saturated rings. The van der Waals surface area contributed by atoms with Gasteiger partial charge in [0.15, 0.2) is 0 Å². The molecule has 2 N–H and O–H groups in total. The molecule has 2 heterocycles. The molecule has 2 aromatic carbocycles. The maximum absolute atomic E-state index is 13.8. The smallest absolute Gasteiger partial charge is 0.371 e. The summed E-state index contributed by atoms with van der Waals surface area (Å²) in [7, 11) is 0. The van der Waals surface area contributed by atoms with E-state index in [4.69, 9.17) is 0 Å². The number of halogens is 3. The number of aromatic amines is 1. The highest BCUT2D eigenvalue weighted by Crippen LogP contribution is 2.39. The standard InChI is InChI=1S/C23H22F3N3O2/c1-22(2)9-10-29(13-22)14-7-8-19(17(11-14)23(24,25)26)28-21(31)16-12-27-18-6-4-3-5-15(18)20(16)30/h3-8,11-12H,9-10,13H2,1-2H3,(H,27,30)(H,28,31). The van der Waals surface area contributed by atoms with Crippen molar-refractivity contribution < 1.29 is 18.0 Å². The van der Waals surface area contributed by atoms with Crippen LogP contribution >= 0.6 is 0 Å². The molecular formula is C23H22F3N3O2. The molecule has 5 nitrogen and oxygen atoms in total. The van der Waals surface area contributed by atoms with E-state index in [9.17, 15) is 22.8 Å². The van der Waals surface area contributed by atoms with Crippen LogP contribution in [0.25, 0.3) is 10.9 Å². The number of para-hydroxylation sites is 1. The number of hydrogen-bond donors (Lipinski definition) is 2. The molecule has 0 spiro atoms. The Morgan fingerprint density at radius 3 is 2.58 bits per heavy atom. The summed E-state index contributed by atoms with van der Waals surface area (Å²) >= 11 is 0.